The van der Waals surface area contributed by atoms with E-state index in [1.165, 1.54) is 0 Å². The maximum Gasteiger partial charge on any atom is 0.306 e. The van der Waals surface area contributed by atoms with Crippen LogP contribution in [0, 0.1) is 41.4 Å². The molecule has 0 radical (unpaired) electrons. The average Bonchev–Trinajstić information content (AvgIpc) is 3.09. The predicted octanol–water partition coefficient (Wildman–Crippen LogP) is 4.63. The number of rotatable bonds is 9. The summed E-state index contributed by atoms with van der Waals surface area (Å²) in [5.41, 5.74) is 0.918. The maximum atomic E-state index is 14.2. The van der Waals surface area contributed by atoms with Gasteiger partial charge in [-0.3, -0.25) is 24.5 Å². The first-order chi connectivity index (χ1) is 16.2. The SMILES string of the molecule is C=C/C(CCCCC)=C1\C(=O)NC(=O)[C@H]1C(=O)[C@H]1[C@H]2[C@H](C=C[C@H]1/C=C/C)C[C@H](C(=O)O)C[C@@H]2C. The summed E-state index contributed by atoms with van der Waals surface area (Å²) in [6, 6.07) is 0. The molecule has 0 bridgehead atoms. The van der Waals surface area contributed by atoms with Crippen LogP contribution in [0.4, 0.5) is 0 Å². The number of allylic oxidation sites excluding steroid dienone is 6. The lowest BCUT2D eigenvalue weighted by atomic mass is 9.56. The third-order valence-electron chi connectivity index (χ3n) is 7.83. The number of amides is 2. The predicted molar refractivity (Wildman–Crippen MR) is 130 cm³/mol. The van der Waals surface area contributed by atoms with Gasteiger partial charge in [-0.15, -0.1) is 0 Å². The third kappa shape index (κ3) is 5.01. The number of imide groups is 1. The molecule has 7 atom stereocenters. The summed E-state index contributed by atoms with van der Waals surface area (Å²) in [4.78, 5) is 51.6. The van der Waals surface area contributed by atoms with Crippen LogP contribution in [0.2, 0.25) is 0 Å². The summed E-state index contributed by atoms with van der Waals surface area (Å²) in [7, 11) is 0. The second-order valence-electron chi connectivity index (χ2n) is 9.99. The lowest BCUT2D eigenvalue weighted by Crippen LogP contribution is -2.47. The van der Waals surface area contributed by atoms with Crippen molar-refractivity contribution in [3.05, 3.63) is 48.1 Å². The maximum absolute atomic E-state index is 14.2. The molecule has 3 aliphatic rings. The van der Waals surface area contributed by atoms with E-state index < -0.39 is 35.5 Å². The molecule has 1 aliphatic heterocycles. The first-order valence-corrected chi connectivity index (χ1v) is 12.5. The first kappa shape index (κ1) is 25.9. The van der Waals surface area contributed by atoms with Gasteiger partial charge >= 0.3 is 5.97 Å². The molecular weight excluding hydrogens is 430 g/mol. The molecule has 0 spiro atoms. The van der Waals surface area contributed by atoms with Crippen molar-refractivity contribution >= 4 is 23.6 Å². The van der Waals surface area contributed by atoms with E-state index in [9.17, 15) is 24.3 Å². The smallest absolute Gasteiger partial charge is 0.306 e. The van der Waals surface area contributed by atoms with Gasteiger partial charge in [-0.25, -0.2) is 0 Å². The number of hydrogen-bond donors (Lipinski definition) is 2. The van der Waals surface area contributed by atoms with Crippen LogP contribution in [-0.4, -0.2) is 28.7 Å². The van der Waals surface area contributed by atoms with Crippen molar-refractivity contribution in [2.45, 2.75) is 59.3 Å². The highest BCUT2D eigenvalue weighted by Gasteiger charge is 2.52. The fourth-order valence-electron chi connectivity index (χ4n) is 6.29. The van der Waals surface area contributed by atoms with Crippen molar-refractivity contribution in [1.82, 2.24) is 5.32 Å². The van der Waals surface area contributed by atoms with Crippen molar-refractivity contribution in [3.8, 4) is 0 Å². The minimum atomic E-state index is -1.14. The van der Waals surface area contributed by atoms with Crippen LogP contribution < -0.4 is 5.32 Å². The highest BCUT2D eigenvalue weighted by Crippen LogP contribution is 2.50. The minimum Gasteiger partial charge on any atom is -0.481 e. The zero-order valence-electron chi connectivity index (χ0n) is 20.5. The second kappa shape index (κ2) is 11.1. The van der Waals surface area contributed by atoms with E-state index in [1.807, 2.05) is 32.1 Å². The summed E-state index contributed by atoms with van der Waals surface area (Å²) in [5.74, 6) is -4.48. The first-order valence-electron chi connectivity index (χ1n) is 12.5. The van der Waals surface area contributed by atoms with Crippen LogP contribution in [0.3, 0.4) is 0 Å². The molecule has 1 saturated heterocycles. The van der Waals surface area contributed by atoms with E-state index in [2.05, 4.69) is 24.9 Å². The summed E-state index contributed by atoms with van der Waals surface area (Å²) < 4.78 is 0. The molecular formula is C28H37NO5. The number of nitrogens with one attached hydrogen (secondary N) is 1. The molecule has 2 fully saturated rings. The molecule has 0 aromatic heterocycles. The van der Waals surface area contributed by atoms with Crippen molar-refractivity contribution in [3.63, 3.8) is 0 Å². The van der Waals surface area contributed by atoms with Crippen LogP contribution in [0.25, 0.3) is 0 Å². The van der Waals surface area contributed by atoms with Crippen molar-refractivity contribution in [1.29, 1.82) is 0 Å². The summed E-state index contributed by atoms with van der Waals surface area (Å²) in [6.45, 7) is 9.85. The number of hydrogen-bond acceptors (Lipinski definition) is 4. The zero-order chi connectivity index (χ0) is 25.0. The van der Waals surface area contributed by atoms with Gasteiger partial charge in [0.25, 0.3) is 5.91 Å². The molecule has 184 valence electrons. The van der Waals surface area contributed by atoms with Gasteiger partial charge in [0.15, 0.2) is 5.78 Å². The Morgan fingerprint density at radius 3 is 2.56 bits per heavy atom. The Kier molecular flexibility index (Phi) is 8.45. The van der Waals surface area contributed by atoms with Gasteiger partial charge in [0.05, 0.1) is 5.92 Å². The molecule has 2 amide bonds. The van der Waals surface area contributed by atoms with Gasteiger partial charge in [-0.1, -0.05) is 63.6 Å². The van der Waals surface area contributed by atoms with E-state index >= 15 is 0 Å². The quantitative estimate of drug-likeness (QED) is 0.169. The van der Waals surface area contributed by atoms with Crippen LogP contribution in [-0.2, 0) is 19.2 Å². The molecule has 6 nitrogen and oxygen atoms in total. The Morgan fingerprint density at radius 2 is 1.94 bits per heavy atom. The molecule has 2 N–H and O–H groups in total. The van der Waals surface area contributed by atoms with E-state index in [0.717, 1.165) is 19.3 Å². The molecule has 34 heavy (non-hydrogen) atoms. The van der Waals surface area contributed by atoms with Gasteiger partial charge in [-0.2, -0.15) is 0 Å². The number of carboxylic acid groups (broad SMARTS) is 1. The second-order valence-corrected chi connectivity index (χ2v) is 9.99. The Morgan fingerprint density at radius 1 is 1.21 bits per heavy atom. The Labute approximate surface area is 202 Å². The van der Waals surface area contributed by atoms with E-state index in [0.29, 0.717) is 24.8 Å². The van der Waals surface area contributed by atoms with Crippen LogP contribution in [0.1, 0.15) is 59.3 Å². The number of aliphatic carboxylic acids is 1. The number of carboxylic acids is 1. The topological polar surface area (TPSA) is 101 Å². The van der Waals surface area contributed by atoms with Gasteiger partial charge in [0.1, 0.15) is 5.92 Å². The molecule has 1 heterocycles. The summed E-state index contributed by atoms with van der Waals surface area (Å²) >= 11 is 0. The van der Waals surface area contributed by atoms with E-state index in [-0.39, 0.29) is 35.0 Å². The number of Topliss-reactive ketones (excluding diaryl/α,β-unsaturated/α-hetero) is 1. The monoisotopic (exact) mass is 467 g/mol. The zero-order valence-corrected chi connectivity index (χ0v) is 20.5. The molecule has 6 heteroatoms. The lowest BCUT2D eigenvalue weighted by Gasteiger charge is -2.46. The number of fused-ring (bicyclic) bond motifs is 1. The number of unbranched alkanes of at least 4 members (excludes halogenated alkanes) is 2. The van der Waals surface area contributed by atoms with Crippen LogP contribution in [0.5, 0.6) is 0 Å². The minimum absolute atomic E-state index is 0.00234. The standard InChI is InChI=1S/C28H37NO5/c1-5-8-9-11-17(7-3)23-24(27(32)29-26(23)31)25(30)22-18(10-6-2)12-13-19-15-20(28(33)34)14-16(4)21(19)22/h6-7,10,12-13,16,18-22,24H,3,5,8-9,11,14-15H2,1-2,4H3,(H,33,34)(H,29,31,32)/b10-6+,23-17+/t16-,18+,19+,20+,21+,22+,24+/m0/s1. The fraction of sp³-hybridized carbons (Fsp3) is 0.571. The highest BCUT2D eigenvalue weighted by molar-refractivity contribution is 6.24. The molecule has 1 saturated carbocycles. The van der Waals surface area contributed by atoms with Crippen LogP contribution >= 0.6 is 0 Å². The largest absolute Gasteiger partial charge is 0.481 e. The lowest BCUT2D eigenvalue weighted by molar-refractivity contribution is -0.145. The number of ketones is 1. The average molecular weight is 468 g/mol. The molecule has 2 aliphatic carbocycles. The Balaban J connectivity index is 2.02. The normalized spacial score (nSPS) is 34.6. The van der Waals surface area contributed by atoms with E-state index in [4.69, 9.17) is 0 Å². The fourth-order valence-corrected chi connectivity index (χ4v) is 6.29. The summed E-state index contributed by atoms with van der Waals surface area (Å²) in [5, 5.41) is 12.0. The van der Waals surface area contributed by atoms with Gasteiger partial charge < -0.3 is 5.11 Å². The number of carbonyl (C=O) groups excluding carboxylic acids is 3. The molecule has 0 aromatic rings. The Bertz CT molecular complexity index is 942. The van der Waals surface area contributed by atoms with Gasteiger partial charge in [0, 0.05) is 17.4 Å². The molecule has 0 aromatic carbocycles. The Hall–Kier alpha value is -2.76. The molecule has 0 unspecified atom stereocenters. The van der Waals surface area contributed by atoms with Gasteiger partial charge in [-0.05, 0) is 55.9 Å². The highest BCUT2D eigenvalue weighted by atomic mass is 16.4. The van der Waals surface area contributed by atoms with Crippen molar-refractivity contribution < 1.29 is 24.3 Å². The van der Waals surface area contributed by atoms with E-state index in [1.54, 1.807) is 6.08 Å². The third-order valence-corrected chi connectivity index (χ3v) is 7.83. The van der Waals surface area contributed by atoms with Crippen molar-refractivity contribution in [2.75, 3.05) is 0 Å². The number of carbonyl (C=O) groups is 4. The van der Waals surface area contributed by atoms with Crippen molar-refractivity contribution in [2.24, 2.45) is 41.4 Å². The molecule has 3 rings (SSSR count). The summed E-state index contributed by atoms with van der Waals surface area (Å²) in [6.07, 6.45) is 14.0. The van der Waals surface area contributed by atoms with Crippen LogP contribution in [0.15, 0.2) is 48.1 Å². The van der Waals surface area contributed by atoms with Gasteiger partial charge in [0.2, 0.25) is 5.91 Å².